The fourth-order valence-corrected chi connectivity index (χ4v) is 1.07. The summed E-state index contributed by atoms with van der Waals surface area (Å²) in [5, 5.41) is 0. The molecule has 1 heteroatoms. The van der Waals surface area contributed by atoms with Gasteiger partial charge in [-0.15, -0.1) is 0 Å². The Labute approximate surface area is 64.8 Å². The maximum Gasteiger partial charge on any atom is 0.0602 e. The van der Waals surface area contributed by atoms with E-state index in [1.807, 2.05) is 0 Å². The zero-order valence-corrected chi connectivity index (χ0v) is 7.90. The van der Waals surface area contributed by atoms with Gasteiger partial charge in [-0.25, -0.2) is 0 Å². The molecule has 0 aromatic rings. The minimum Gasteiger partial charge on any atom is -0.373 e. The molecule has 1 unspecified atom stereocenters. The molecule has 0 N–H and O–H groups in total. The van der Waals surface area contributed by atoms with Crippen molar-refractivity contribution in [3.05, 3.63) is 0 Å². The third-order valence-electron chi connectivity index (χ3n) is 1.25. The van der Waals surface area contributed by atoms with Gasteiger partial charge in [-0.3, -0.25) is 0 Å². The Bertz CT molecular complexity index is 81.2. The van der Waals surface area contributed by atoms with Crippen LogP contribution in [0.1, 0.15) is 47.5 Å². The minimum atomic E-state index is 0.0224. The Morgan fingerprint density at radius 2 is 1.80 bits per heavy atom. The standard InChI is InChI=1S/C9H20O/c1-6-7-8(2)10-9(3,4)5/h8H,6-7H2,1-5H3. The van der Waals surface area contributed by atoms with Crippen LogP contribution in [0.5, 0.6) is 0 Å². The molecule has 0 saturated heterocycles. The molecule has 10 heavy (non-hydrogen) atoms. The van der Waals surface area contributed by atoms with Crippen molar-refractivity contribution in [2.24, 2.45) is 0 Å². The van der Waals surface area contributed by atoms with E-state index in [-0.39, 0.29) is 5.60 Å². The molecule has 0 aliphatic carbocycles. The van der Waals surface area contributed by atoms with Crippen LogP contribution in [0.4, 0.5) is 0 Å². The first-order valence-corrected chi connectivity index (χ1v) is 4.13. The van der Waals surface area contributed by atoms with Crippen LogP contribution in [0.25, 0.3) is 0 Å². The Morgan fingerprint density at radius 3 is 2.10 bits per heavy atom. The largest absolute Gasteiger partial charge is 0.373 e. The summed E-state index contributed by atoms with van der Waals surface area (Å²) in [5.74, 6) is 0. The molecule has 0 rings (SSSR count). The predicted octanol–water partition coefficient (Wildman–Crippen LogP) is 2.99. The van der Waals surface area contributed by atoms with Gasteiger partial charge in [0.25, 0.3) is 0 Å². The van der Waals surface area contributed by atoms with Crippen molar-refractivity contribution in [3.8, 4) is 0 Å². The Morgan fingerprint density at radius 1 is 1.30 bits per heavy atom. The zero-order valence-electron chi connectivity index (χ0n) is 7.90. The molecule has 0 heterocycles. The molecule has 0 radical (unpaired) electrons. The third kappa shape index (κ3) is 6.09. The van der Waals surface area contributed by atoms with Gasteiger partial charge in [-0.05, 0) is 34.1 Å². The molecule has 0 aliphatic heterocycles. The van der Waals surface area contributed by atoms with E-state index in [4.69, 9.17) is 4.74 Å². The lowest BCUT2D eigenvalue weighted by atomic mass is 10.1. The van der Waals surface area contributed by atoms with Crippen LogP contribution in [0.15, 0.2) is 0 Å². The normalized spacial score (nSPS) is 15.3. The van der Waals surface area contributed by atoms with Gasteiger partial charge in [0.2, 0.25) is 0 Å². The highest BCUT2D eigenvalue weighted by Gasteiger charge is 2.13. The lowest BCUT2D eigenvalue weighted by Crippen LogP contribution is -2.25. The maximum atomic E-state index is 5.68. The van der Waals surface area contributed by atoms with Crippen molar-refractivity contribution < 1.29 is 4.74 Å². The number of rotatable bonds is 3. The Balaban J connectivity index is 3.47. The van der Waals surface area contributed by atoms with Gasteiger partial charge < -0.3 is 4.74 Å². The molecule has 0 fully saturated rings. The van der Waals surface area contributed by atoms with Gasteiger partial charge in [0, 0.05) is 0 Å². The summed E-state index contributed by atoms with van der Waals surface area (Å²) >= 11 is 0. The average Bonchev–Trinajstić information content (AvgIpc) is 1.59. The van der Waals surface area contributed by atoms with E-state index < -0.39 is 0 Å². The topological polar surface area (TPSA) is 9.23 Å². The second-order valence-corrected chi connectivity index (χ2v) is 3.83. The van der Waals surface area contributed by atoms with Crippen LogP contribution in [-0.2, 0) is 4.74 Å². The van der Waals surface area contributed by atoms with Gasteiger partial charge in [0.15, 0.2) is 0 Å². The summed E-state index contributed by atoms with van der Waals surface area (Å²) in [6.45, 7) is 10.6. The summed E-state index contributed by atoms with van der Waals surface area (Å²) in [4.78, 5) is 0. The van der Waals surface area contributed by atoms with E-state index in [1.165, 1.54) is 6.42 Å². The molecular weight excluding hydrogens is 124 g/mol. The van der Waals surface area contributed by atoms with Crippen LogP contribution in [0.2, 0.25) is 0 Å². The Kier molecular flexibility index (Phi) is 3.95. The van der Waals surface area contributed by atoms with E-state index in [0.717, 1.165) is 6.42 Å². The van der Waals surface area contributed by atoms with Gasteiger partial charge in [-0.2, -0.15) is 0 Å². The predicted molar refractivity (Wildman–Crippen MR) is 45.2 cm³/mol. The summed E-state index contributed by atoms with van der Waals surface area (Å²) in [6, 6.07) is 0. The monoisotopic (exact) mass is 144 g/mol. The number of hydrogen-bond acceptors (Lipinski definition) is 1. The smallest absolute Gasteiger partial charge is 0.0602 e. The fourth-order valence-electron chi connectivity index (χ4n) is 1.07. The highest BCUT2D eigenvalue weighted by atomic mass is 16.5. The van der Waals surface area contributed by atoms with Crippen molar-refractivity contribution in [2.45, 2.75) is 59.2 Å². The molecule has 0 amide bonds. The zero-order chi connectivity index (χ0) is 8.20. The molecule has 0 spiro atoms. The SMILES string of the molecule is CCCC(C)OC(C)(C)C. The van der Waals surface area contributed by atoms with Gasteiger partial charge in [-0.1, -0.05) is 13.3 Å². The highest BCUT2D eigenvalue weighted by molar-refractivity contribution is 4.62. The second-order valence-electron chi connectivity index (χ2n) is 3.83. The van der Waals surface area contributed by atoms with E-state index in [9.17, 15) is 0 Å². The van der Waals surface area contributed by atoms with Gasteiger partial charge in [0.05, 0.1) is 11.7 Å². The van der Waals surface area contributed by atoms with E-state index >= 15 is 0 Å². The van der Waals surface area contributed by atoms with Crippen LogP contribution in [-0.4, -0.2) is 11.7 Å². The number of ether oxygens (including phenoxy) is 1. The van der Waals surface area contributed by atoms with Crippen LogP contribution >= 0.6 is 0 Å². The third-order valence-corrected chi connectivity index (χ3v) is 1.25. The van der Waals surface area contributed by atoms with Crippen molar-refractivity contribution in [2.75, 3.05) is 0 Å². The molecule has 62 valence electrons. The highest BCUT2D eigenvalue weighted by Crippen LogP contribution is 2.13. The summed E-state index contributed by atoms with van der Waals surface area (Å²) in [5.41, 5.74) is 0.0224. The van der Waals surface area contributed by atoms with Crippen molar-refractivity contribution >= 4 is 0 Å². The van der Waals surface area contributed by atoms with Crippen LogP contribution in [0, 0.1) is 0 Å². The first-order valence-electron chi connectivity index (χ1n) is 4.13. The van der Waals surface area contributed by atoms with E-state index in [2.05, 4.69) is 34.6 Å². The molecule has 0 aromatic carbocycles. The Hall–Kier alpha value is -0.0400. The van der Waals surface area contributed by atoms with Gasteiger partial charge in [0.1, 0.15) is 0 Å². The van der Waals surface area contributed by atoms with Gasteiger partial charge >= 0.3 is 0 Å². The lowest BCUT2D eigenvalue weighted by molar-refractivity contribution is -0.0542. The molecule has 0 aromatic heterocycles. The van der Waals surface area contributed by atoms with E-state index in [1.54, 1.807) is 0 Å². The first kappa shape index (κ1) is 9.96. The average molecular weight is 144 g/mol. The molecular formula is C9H20O. The molecule has 0 saturated carbocycles. The van der Waals surface area contributed by atoms with Crippen molar-refractivity contribution in [1.29, 1.82) is 0 Å². The van der Waals surface area contributed by atoms with Crippen LogP contribution in [0.3, 0.4) is 0 Å². The molecule has 0 aliphatic rings. The molecule has 1 atom stereocenters. The fraction of sp³-hybridized carbons (Fsp3) is 1.00. The summed E-state index contributed by atoms with van der Waals surface area (Å²) in [7, 11) is 0. The van der Waals surface area contributed by atoms with Crippen LogP contribution < -0.4 is 0 Å². The lowest BCUT2D eigenvalue weighted by Gasteiger charge is -2.24. The summed E-state index contributed by atoms with van der Waals surface area (Å²) < 4.78 is 5.68. The number of hydrogen-bond donors (Lipinski definition) is 0. The molecule has 0 bridgehead atoms. The minimum absolute atomic E-state index is 0.0224. The second kappa shape index (κ2) is 3.97. The maximum absolute atomic E-state index is 5.68. The van der Waals surface area contributed by atoms with Crippen molar-refractivity contribution in [1.82, 2.24) is 0 Å². The van der Waals surface area contributed by atoms with Crippen molar-refractivity contribution in [3.63, 3.8) is 0 Å². The summed E-state index contributed by atoms with van der Waals surface area (Å²) in [6.07, 6.45) is 2.78. The quantitative estimate of drug-likeness (QED) is 0.591. The molecule has 1 nitrogen and oxygen atoms in total. The van der Waals surface area contributed by atoms with E-state index in [0.29, 0.717) is 6.10 Å². The first-order chi connectivity index (χ1) is 4.45.